The van der Waals surface area contributed by atoms with Crippen molar-refractivity contribution in [2.24, 2.45) is 0 Å². The highest BCUT2D eigenvalue weighted by atomic mass is 79.9. The highest BCUT2D eigenvalue weighted by Gasteiger charge is 2.47. The van der Waals surface area contributed by atoms with Crippen LogP contribution < -0.4 is 0 Å². The summed E-state index contributed by atoms with van der Waals surface area (Å²) in [5.41, 5.74) is 0.553. The fourth-order valence-electron chi connectivity index (χ4n) is 3.17. The Labute approximate surface area is 128 Å². The van der Waals surface area contributed by atoms with E-state index in [0.29, 0.717) is 25.8 Å². The molecule has 1 fully saturated rings. The summed E-state index contributed by atoms with van der Waals surface area (Å²) in [5, 5.41) is 14.6. The Morgan fingerprint density at radius 2 is 2.20 bits per heavy atom. The van der Waals surface area contributed by atoms with Crippen molar-refractivity contribution in [2.45, 2.75) is 56.9 Å². The van der Waals surface area contributed by atoms with Gasteiger partial charge in [0.25, 0.3) is 0 Å². The lowest BCUT2D eigenvalue weighted by Gasteiger charge is -2.29. The summed E-state index contributed by atoms with van der Waals surface area (Å²) in [6.45, 7) is 4.57. The van der Waals surface area contributed by atoms with Gasteiger partial charge in [0.1, 0.15) is 0 Å². The lowest BCUT2D eigenvalue weighted by molar-refractivity contribution is 0.0490. The van der Waals surface area contributed by atoms with Gasteiger partial charge in [-0.25, -0.2) is 8.42 Å². The molecule has 114 valence electrons. The Balaban J connectivity index is 2.38. The number of hydrogen-bond donors (Lipinski definition) is 1. The van der Waals surface area contributed by atoms with Gasteiger partial charge < -0.3 is 5.11 Å². The van der Waals surface area contributed by atoms with Gasteiger partial charge in [0.05, 0.1) is 26.7 Å². The molecule has 1 N–H and O–H groups in total. The predicted molar refractivity (Wildman–Crippen MR) is 81.5 cm³/mol. The van der Waals surface area contributed by atoms with Crippen LogP contribution >= 0.6 is 15.9 Å². The third-order valence-electron chi connectivity index (χ3n) is 4.12. The molecule has 1 aliphatic rings. The first-order valence-corrected chi connectivity index (χ1v) is 9.57. The quantitative estimate of drug-likeness (QED) is 0.884. The van der Waals surface area contributed by atoms with Crippen molar-refractivity contribution in [3.05, 3.63) is 15.9 Å². The zero-order chi connectivity index (χ0) is 15.1. The van der Waals surface area contributed by atoms with Crippen molar-refractivity contribution in [3.63, 3.8) is 0 Å². The van der Waals surface area contributed by atoms with Crippen LogP contribution in [0.5, 0.6) is 0 Å². The maximum absolute atomic E-state index is 11.9. The van der Waals surface area contributed by atoms with Gasteiger partial charge in [-0.2, -0.15) is 5.10 Å². The largest absolute Gasteiger partial charge is 0.388 e. The van der Waals surface area contributed by atoms with E-state index in [1.165, 1.54) is 6.26 Å². The van der Waals surface area contributed by atoms with Crippen LogP contribution in [0.25, 0.3) is 0 Å². The van der Waals surface area contributed by atoms with Crippen molar-refractivity contribution in [2.75, 3.05) is 6.26 Å². The molecule has 1 heterocycles. The minimum atomic E-state index is -3.25. The number of aromatic nitrogens is 2. The van der Waals surface area contributed by atoms with Gasteiger partial charge in [-0.1, -0.05) is 0 Å². The van der Waals surface area contributed by atoms with Crippen LogP contribution in [0.4, 0.5) is 0 Å². The monoisotopic (exact) mass is 364 g/mol. The number of rotatable bonds is 4. The van der Waals surface area contributed by atoms with Gasteiger partial charge >= 0.3 is 0 Å². The molecule has 1 aromatic rings. The SMILES string of the molecule is CCn1nc(C)c(Br)c1CC1(O)CCCC1S(C)(=O)=O. The minimum absolute atomic E-state index is 0.319. The molecule has 2 unspecified atom stereocenters. The van der Waals surface area contributed by atoms with Gasteiger partial charge in [0, 0.05) is 19.2 Å². The van der Waals surface area contributed by atoms with E-state index in [9.17, 15) is 13.5 Å². The first kappa shape index (κ1) is 16.0. The summed E-state index contributed by atoms with van der Waals surface area (Å²) in [5.74, 6) is 0. The van der Waals surface area contributed by atoms with Crippen LogP contribution in [0.15, 0.2) is 4.47 Å². The molecule has 5 nitrogen and oxygen atoms in total. The van der Waals surface area contributed by atoms with E-state index in [4.69, 9.17) is 0 Å². The molecule has 0 amide bonds. The van der Waals surface area contributed by atoms with E-state index < -0.39 is 20.7 Å². The van der Waals surface area contributed by atoms with E-state index >= 15 is 0 Å². The lowest BCUT2D eigenvalue weighted by Crippen LogP contribution is -2.44. The standard InChI is InChI=1S/C13H21BrN2O3S/c1-4-16-10(12(14)9(2)15-16)8-13(17)7-5-6-11(13)20(3,18)19/h11,17H,4-8H2,1-3H3. The third kappa shape index (κ3) is 2.80. The smallest absolute Gasteiger partial charge is 0.153 e. The summed E-state index contributed by atoms with van der Waals surface area (Å²) in [4.78, 5) is 0. The molecular formula is C13H21BrN2O3S. The van der Waals surface area contributed by atoms with Crippen LogP contribution in [0.1, 0.15) is 37.6 Å². The molecule has 0 radical (unpaired) electrons. The van der Waals surface area contributed by atoms with Gasteiger partial charge in [-0.3, -0.25) is 4.68 Å². The van der Waals surface area contributed by atoms with Crippen LogP contribution in [-0.4, -0.2) is 40.4 Å². The molecule has 20 heavy (non-hydrogen) atoms. The van der Waals surface area contributed by atoms with Crippen molar-refractivity contribution >= 4 is 25.8 Å². The van der Waals surface area contributed by atoms with E-state index in [2.05, 4.69) is 21.0 Å². The average Bonchev–Trinajstić information content (AvgIpc) is 2.84. The van der Waals surface area contributed by atoms with E-state index in [0.717, 1.165) is 22.3 Å². The molecule has 0 aliphatic heterocycles. The average molecular weight is 365 g/mol. The Bertz CT molecular complexity index is 611. The Hall–Kier alpha value is -0.400. The Morgan fingerprint density at radius 3 is 2.75 bits per heavy atom. The highest BCUT2D eigenvalue weighted by Crippen LogP contribution is 2.38. The Kier molecular flexibility index (Phi) is 4.33. The number of halogens is 1. The zero-order valence-electron chi connectivity index (χ0n) is 12.1. The molecule has 1 aliphatic carbocycles. The normalized spacial score (nSPS) is 27.1. The van der Waals surface area contributed by atoms with Crippen LogP contribution in [0, 0.1) is 6.92 Å². The molecule has 0 saturated heterocycles. The molecule has 2 atom stereocenters. The topological polar surface area (TPSA) is 72.2 Å². The lowest BCUT2D eigenvalue weighted by atomic mass is 9.95. The number of aryl methyl sites for hydroxylation is 2. The fraction of sp³-hybridized carbons (Fsp3) is 0.769. The number of hydrogen-bond acceptors (Lipinski definition) is 4. The molecule has 7 heteroatoms. The van der Waals surface area contributed by atoms with Crippen LogP contribution in [0.3, 0.4) is 0 Å². The molecule has 1 saturated carbocycles. The summed E-state index contributed by atoms with van der Waals surface area (Å²) >= 11 is 3.50. The fourth-order valence-corrected chi connectivity index (χ4v) is 5.18. The van der Waals surface area contributed by atoms with Gasteiger partial charge in [0.2, 0.25) is 0 Å². The Morgan fingerprint density at radius 1 is 1.55 bits per heavy atom. The maximum atomic E-state index is 11.9. The van der Waals surface area contributed by atoms with Crippen molar-refractivity contribution in [1.29, 1.82) is 0 Å². The van der Waals surface area contributed by atoms with Crippen molar-refractivity contribution < 1.29 is 13.5 Å². The van der Waals surface area contributed by atoms with Gasteiger partial charge in [0.15, 0.2) is 9.84 Å². The van der Waals surface area contributed by atoms with Crippen LogP contribution in [-0.2, 0) is 22.8 Å². The van der Waals surface area contributed by atoms with Crippen molar-refractivity contribution in [3.8, 4) is 0 Å². The molecule has 0 aromatic carbocycles. The third-order valence-corrected chi connectivity index (χ3v) is 6.86. The minimum Gasteiger partial charge on any atom is -0.388 e. The molecule has 1 aromatic heterocycles. The van der Waals surface area contributed by atoms with E-state index in [1.54, 1.807) is 0 Å². The van der Waals surface area contributed by atoms with E-state index in [1.807, 2.05) is 18.5 Å². The van der Waals surface area contributed by atoms with Crippen LogP contribution in [0.2, 0.25) is 0 Å². The maximum Gasteiger partial charge on any atom is 0.153 e. The molecule has 0 spiro atoms. The summed E-state index contributed by atoms with van der Waals surface area (Å²) < 4.78 is 26.5. The van der Waals surface area contributed by atoms with Gasteiger partial charge in [-0.15, -0.1) is 0 Å². The predicted octanol–water partition coefficient (Wildman–Crippen LogP) is 1.84. The summed E-state index contributed by atoms with van der Waals surface area (Å²) in [6, 6.07) is 0. The number of nitrogens with zero attached hydrogens (tertiary/aromatic N) is 2. The first-order valence-electron chi connectivity index (χ1n) is 6.82. The molecular weight excluding hydrogens is 344 g/mol. The first-order chi connectivity index (χ1) is 9.19. The van der Waals surface area contributed by atoms with Crippen molar-refractivity contribution in [1.82, 2.24) is 9.78 Å². The second-order valence-corrected chi connectivity index (χ2v) is 8.67. The summed E-state index contributed by atoms with van der Waals surface area (Å²) in [6.07, 6.45) is 3.33. The number of aliphatic hydroxyl groups is 1. The molecule has 2 rings (SSSR count). The van der Waals surface area contributed by atoms with E-state index in [-0.39, 0.29) is 0 Å². The van der Waals surface area contributed by atoms with Gasteiger partial charge in [-0.05, 0) is 49.0 Å². The number of sulfone groups is 1. The summed E-state index contributed by atoms with van der Waals surface area (Å²) in [7, 11) is -3.25. The second kappa shape index (κ2) is 5.42. The molecule has 0 bridgehead atoms. The second-order valence-electron chi connectivity index (χ2n) is 5.65. The highest BCUT2D eigenvalue weighted by molar-refractivity contribution is 9.10. The zero-order valence-corrected chi connectivity index (χ0v) is 14.5.